The molecule has 0 amide bonds. The lowest BCUT2D eigenvalue weighted by molar-refractivity contribution is 0.570. The summed E-state index contributed by atoms with van der Waals surface area (Å²) in [4.78, 5) is 0. The molecule has 6 heteroatoms. The minimum absolute atomic E-state index is 0.377. The lowest BCUT2D eigenvalue weighted by Crippen LogP contribution is -2.39. The smallest absolute Gasteiger partial charge is 0.166 e. The van der Waals surface area contributed by atoms with Gasteiger partial charge in [-0.2, -0.15) is 5.10 Å². The zero-order valence-electron chi connectivity index (χ0n) is 9.53. The Morgan fingerprint density at radius 3 is 2.94 bits per heavy atom. The molecular weight excluding hydrogens is 288 g/mol. The summed E-state index contributed by atoms with van der Waals surface area (Å²) in [5.41, 5.74) is 0. The van der Waals surface area contributed by atoms with E-state index in [4.69, 9.17) is 12.2 Å². The maximum Gasteiger partial charge on any atom is 0.166 e. The van der Waals surface area contributed by atoms with E-state index in [1.54, 1.807) is 6.20 Å². The van der Waals surface area contributed by atoms with Crippen molar-refractivity contribution in [2.45, 2.75) is 32.9 Å². The number of aryl methyl sites for hydroxylation is 1. The molecule has 0 saturated heterocycles. The number of nitrogens with one attached hydrogen (secondary N) is 2. The van der Waals surface area contributed by atoms with E-state index in [9.17, 15) is 0 Å². The second-order valence-corrected chi connectivity index (χ2v) is 5.15. The highest BCUT2D eigenvalue weighted by atomic mass is 79.9. The predicted molar refractivity (Wildman–Crippen MR) is 73.4 cm³/mol. The van der Waals surface area contributed by atoms with Gasteiger partial charge in [-0.15, -0.1) is 0 Å². The fourth-order valence-electron chi connectivity index (χ4n) is 1.22. The van der Waals surface area contributed by atoms with Crippen LogP contribution in [0, 0.1) is 0 Å². The monoisotopic (exact) mass is 304 g/mol. The standard InChI is InChI=1S/C10H17BrN4S/c1-8(2)14-10(16)12-4-3-5-15-7-9(11)6-13-15/h6-8H,3-5H2,1-2H3,(H2,12,14,16). The van der Waals surface area contributed by atoms with Gasteiger partial charge in [0.15, 0.2) is 5.11 Å². The van der Waals surface area contributed by atoms with Gasteiger partial charge in [0.2, 0.25) is 0 Å². The van der Waals surface area contributed by atoms with Crippen molar-refractivity contribution >= 4 is 33.3 Å². The van der Waals surface area contributed by atoms with Crippen LogP contribution in [0.25, 0.3) is 0 Å². The average Bonchev–Trinajstić information content (AvgIpc) is 2.58. The molecule has 0 bridgehead atoms. The summed E-state index contributed by atoms with van der Waals surface area (Å²) in [7, 11) is 0. The van der Waals surface area contributed by atoms with E-state index in [0.29, 0.717) is 6.04 Å². The summed E-state index contributed by atoms with van der Waals surface area (Å²) in [6, 6.07) is 0.377. The van der Waals surface area contributed by atoms with Crippen LogP contribution >= 0.6 is 28.1 Å². The van der Waals surface area contributed by atoms with Crippen LogP contribution in [-0.2, 0) is 6.54 Å². The van der Waals surface area contributed by atoms with Crippen molar-refractivity contribution in [3.8, 4) is 0 Å². The average molecular weight is 305 g/mol. The second kappa shape index (κ2) is 6.85. The van der Waals surface area contributed by atoms with Gasteiger partial charge < -0.3 is 10.6 Å². The minimum Gasteiger partial charge on any atom is -0.363 e. The van der Waals surface area contributed by atoms with E-state index in [1.807, 2.05) is 10.9 Å². The Morgan fingerprint density at radius 1 is 1.62 bits per heavy atom. The highest BCUT2D eigenvalue weighted by molar-refractivity contribution is 9.10. The molecule has 4 nitrogen and oxygen atoms in total. The molecule has 0 saturated carbocycles. The first kappa shape index (κ1) is 13.4. The number of hydrogen-bond donors (Lipinski definition) is 2. The molecule has 2 N–H and O–H groups in total. The fraction of sp³-hybridized carbons (Fsp3) is 0.600. The van der Waals surface area contributed by atoms with Crippen molar-refractivity contribution in [1.29, 1.82) is 0 Å². The van der Waals surface area contributed by atoms with Crippen LogP contribution in [0.2, 0.25) is 0 Å². The molecule has 1 rings (SSSR count). The molecule has 0 aromatic carbocycles. The quantitative estimate of drug-likeness (QED) is 0.644. The topological polar surface area (TPSA) is 41.9 Å². The summed E-state index contributed by atoms with van der Waals surface area (Å²) in [5.74, 6) is 0. The number of hydrogen-bond acceptors (Lipinski definition) is 2. The third kappa shape index (κ3) is 5.46. The van der Waals surface area contributed by atoms with Gasteiger partial charge in [-0.25, -0.2) is 0 Å². The van der Waals surface area contributed by atoms with Crippen LogP contribution in [0.1, 0.15) is 20.3 Å². The number of aromatic nitrogens is 2. The maximum absolute atomic E-state index is 5.11. The third-order valence-corrected chi connectivity index (χ3v) is 2.54. The zero-order chi connectivity index (χ0) is 12.0. The number of halogens is 1. The lowest BCUT2D eigenvalue weighted by atomic mass is 10.4. The summed E-state index contributed by atoms with van der Waals surface area (Å²) < 4.78 is 2.92. The molecule has 16 heavy (non-hydrogen) atoms. The highest BCUT2D eigenvalue weighted by Crippen LogP contribution is 2.06. The normalized spacial score (nSPS) is 10.5. The Balaban J connectivity index is 2.10. The van der Waals surface area contributed by atoms with Crippen molar-refractivity contribution < 1.29 is 0 Å². The number of thiocarbonyl (C=S) groups is 1. The second-order valence-electron chi connectivity index (χ2n) is 3.83. The molecule has 0 aliphatic carbocycles. The van der Waals surface area contributed by atoms with Crippen LogP contribution < -0.4 is 10.6 Å². The first-order valence-electron chi connectivity index (χ1n) is 5.30. The van der Waals surface area contributed by atoms with Gasteiger partial charge in [0, 0.05) is 25.3 Å². The van der Waals surface area contributed by atoms with Crippen molar-refractivity contribution in [2.24, 2.45) is 0 Å². The molecule has 1 aromatic rings. The van der Waals surface area contributed by atoms with E-state index in [1.165, 1.54) is 0 Å². The Morgan fingerprint density at radius 2 is 2.38 bits per heavy atom. The van der Waals surface area contributed by atoms with Crippen LogP contribution in [0.15, 0.2) is 16.9 Å². The summed E-state index contributed by atoms with van der Waals surface area (Å²) in [6.07, 6.45) is 4.75. The molecule has 90 valence electrons. The van der Waals surface area contributed by atoms with Crippen LogP contribution in [0.4, 0.5) is 0 Å². The third-order valence-electron chi connectivity index (χ3n) is 1.87. The molecule has 0 radical (unpaired) electrons. The SMILES string of the molecule is CC(C)NC(=S)NCCCn1cc(Br)cn1. The van der Waals surface area contributed by atoms with Gasteiger partial charge in [0.05, 0.1) is 10.7 Å². The molecular formula is C10H17BrN4S. The van der Waals surface area contributed by atoms with E-state index in [2.05, 4.69) is 45.5 Å². The molecule has 0 unspecified atom stereocenters. The predicted octanol–water partition coefficient (Wildman–Crippen LogP) is 1.91. The van der Waals surface area contributed by atoms with Gasteiger partial charge in [-0.05, 0) is 48.4 Å². The molecule has 0 aliphatic heterocycles. The number of rotatable bonds is 5. The van der Waals surface area contributed by atoms with E-state index < -0.39 is 0 Å². The Hall–Kier alpha value is -0.620. The molecule has 0 spiro atoms. The summed E-state index contributed by atoms with van der Waals surface area (Å²) in [6.45, 7) is 5.88. The molecule has 0 aliphatic rings. The van der Waals surface area contributed by atoms with Crippen LogP contribution in [-0.4, -0.2) is 27.5 Å². The Labute approximate surface area is 110 Å². The van der Waals surface area contributed by atoms with Gasteiger partial charge in [-0.1, -0.05) is 0 Å². The zero-order valence-corrected chi connectivity index (χ0v) is 11.9. The van der Waals surface area contributed by atoms with Gasteiger partial charge in [0.1, 0.15) is 0 Å². The fourth-order valence-corrected chi connectivity index (χ4v) is 1.88. The van der Waals surface area contributed by atoms with Gasteiger partial charge in [0.25, 0.3) is 0 Å². The minimum atomic E-state index is 0.377. The molecule has 0 fully saturated rings. The van der Waals surface area contributed by atoms with Crippen LogP contribution in [0.3, 0.4) is 0 Å². The van der Waals surface area contributed by atoms with Crippen molar-refractivity contribution in [3.05, 3.63) is 16.9 Å². The largest absolute Gasteiger partial charge is 0.363 e. The van der Waals surface area contributed by atoms with E-state index >= 15 is 0 Å². The molecule has 1 heterocycles. The Kier molecular flexibility index (Phi) is 5.76. The lowest BCUT2D eigenvalue weighted by Gasteiger charge is -2.12. The van der Waals surface area contributed by atoms with Crippen molar-refractivity contribution in [1.82, 2.24) is 20.4 Å². The van der Waals surface area contributed by atoms with Crippen molar-refractivity contribution in [2.75, 3.05) is 6.54 Å². The molecule has 0 atom stereocenters. The summed E-state index contributed by atoms with van der Waals surface area (Å²) >= 11 is 8.47. The molecule has 1 aromatic heterocycles. The van der Waals surface area contributed by atoms with Crippen LogP contribution in [0.5, 0.6) is 0 Å². The van der Waals surface area contributed by atoms with Crippen molar-refractivity contribution in [3.63, 3.8) is 0 Å². The van der Waals surface area contributed by atoms with E-state index in [0.717, 1.165) is 29.1 Å². The van der Waals surface area contributed by atoms with Gasteiger partial charge >= 0.3 is 0 Å². The maximum atomic E-state index is 5.11. The van der Waals surface area contributed by atoms with E-state index in [-0.39, 0.29) is 0 Å². The summed E-state index contributed by atoms with van der Waals surface area (Å²) in [5, 5.41) is 11.2. The number of nitrogens with zero attached hydrogens (tertiary/aromatic N) is 2. The van der Waals surface area contributed by atoms with Gasteiger partial charge in [-0.3, -0.25) is 4.68 Å². The first-order chi connectivity index (χ1) is 7.58. The first-order valence-corrected chi connectivity index (χ1v) is 6.50. The highest BCUT2D eigenvalue weighted by Gasteiger charge is 1.98. The Bertz CT molecular complexity index is 337.